The van der Waals surface area contributed by atoms with Gasteiger partial charge in [-0.1, -0.05) is 35.3 Å². The summed E-state index contributed by atoms with van der Waals surface area (Å²) in [6, 6.07) is 5.14. The Morgan fingerprint density at radius 3 is 2.70 bits per heavy atom. The van der Waals surface area contributed by atoms with Gasteiger partial charge in [0.1, 0.15) is 12.3 Å². The fourth-order valence-corrected chi connectivity index (χ4v) is 4.06. The molecule has 4 rings (SSSR count). The lowest BCUT2D eigenvalue weighted by Crippen LogP contribution is -2.38. The first kappa shape index (κ1) is 12.7. The summed E-state index contributed by atoms with van der Waals surface area (Å²) in [7, 11) is 1.38. The van der Waals surface area contributed by atoms with E-state index in [1.165, 1.54) is 7.11 Å². The summed E-state index contributed by atoms with van der Waals surface area (Å²) < 4.78 is 10.7. The molecule has 0 amide bonds. The van der Waals surface area contributed by atoms with Gasteiger partial charge in [-0.3, -0.25) is 0 Å². The molecule has 0 N–H and O–H groups in total. The number of esters is 1. The standard InChI is InChI=1S/C14H11Cl2NO3/c1-19-13(18)14-9-5-6-10(20-9)17(14)12(14)11-7(15)3-2-4-8(11)16/h2-6,9-10,12H,1H3/t9-,10+,12+,14+,17?/m0/s1. The minimum absolute atomic E-state index is 0.199. The second-order valence-corrected chi connectivity index (χ2v) is 5.91. The quantitative estimate of drug-likeness (QED) is 0.478. The van der Waals surface area contributed by atoms with E-state index in [2.05, 4.69) is 0 Å². The molecule has 0 aromatic heterocycles. The Kier molecular flexibility index (Phi) is 2.52. The number of carbonyl (C=O) groups is 1. The molecule has 1 aromatic rings. The van der Waals surface area contributed by atoms with Crippen molar-refractivity contribution in [2.75, 3.05) is 7.11 Å². The van der Waals surface area contributed by atoms with Gasteiger partial charge in [0.05, 0.1) is 13.2 Å². The van der Waals surface area contributed by atoms with E-state index in [0.717, 1.165) is 5.56 Å². The van der Waals surface area contributed by atoms with E-state index in [1.807, 2.05) is 17.1 Å². The number of hydrogen-bond acceptors (Lipinski definition) is 4. The highest BCUT2D eigenvalue weighted by atomic mass is 35.5. The van der Waals surface area contributed by atoms with Crippen LogP contribution in [0.3, 0.4) is 0 Å². The maximum atomic E-state index is 12.3. The highest BCUT2D eigenvalue weighted by molar-refractivity contribution is 6.36. The molecule has 2 bridgehead atoms. The molecule has 2 fully saturated rings. The van der Waals surface area contributed by atoms with Crippen LogP contribution in [0.2, 0.25) is 10.0 Å². The highest BCUT2D eigenvalue weighted by Gasteiger charge is 2.81. The van der Waals surface area contributed by atoms with E-state index in [-0.39, 0.29) is 24.3 Å². The van der Waals surface area contributed by atoms with Crippen LogP contribution in [-0.2, 0) is 14.3 Å². The van der Waals surface area contributed by atoms with Crippen molar-refractivity contribution in [2.45, 2.75) is 23.9 Å². The molecule has 2 saturated heterocycles. The van der Waals surface area contributed by atoms with Crippen LogP contribution >= 0.6 is 23.2 Å². The Morgan fingerprint density at radius 2 is 2.05 bits per heavy atom. The van der Waals surface area contributed by atoms with E-state index in [4.69, 9.17) is 32.7 Å². The maximum Gasteiger partial charge on any atom is 0.331 e. The van der Waals surface area contributed by atoms with Crippen LogP contribution in [-0.4, -0.2) is 35.8 Å². The molecule has 0 saturated carbocycles. The van der Waals surface area contributed by atoms with Crippen LogP contribution in [0.25, 0.3) is 0 Å². The second kappa shape index (κ2) is 3.98. The van der Waals surface area contributed by atoms with E-state index < -0.39 is 5.54 Å². The molecule has 4 nitrogen and oxygen atoms in total. The first-order chi connectivity index (χ1) is 9.62. The molecule has 1 unspecified atom stereocenters. The molecule has 5 atom stereocenters. The molecular formula is C14H11Cl2NO3. The lowest BCUT2D eigenvalue weighted by atomic mass is 9.93. The average molecular weight is 312 g/mol. The number of hydrogen-bond donors (Lipinski definition) is 0. The van der Waals surface area contributed by atoms with Crippen molar-refractivity contribution in [3.8, 4) is 0 Å². The van der Waals surface area contributed by atoms with Crippen LogP contribution in [0.4, 0.5) is 0 Å². The summed E-state index contributed by atoms with van der Waals surface area (Å²) in [6.07, 6.45) is 3.33. The number of methoxy groups -OCH3 is 1. The summed E-state index contributed by atoms with van der Waals surface area (Å²) >= 11 is 12.6. The van der Waals surface area contributed by atoms with Crippen LogP contribution in [0, 0.1) is 0 Å². The maximum absolute atomic E-state index is 12.3. The Morgan fingerprint density at radius 1 is 1.35 bits per heavy atom. The van der Waals surface area contributed by atoms with Gasteiger partial charge >= 0.3 is 5.97 Å². The van der Waals surface area contributed by atoms with Gasteiger partial charge in [-0.2, -0.15) is 0 Å². The predicted molar refractivity (Wildman–Crippen MR) is 73.6 cm³/mol. The molecule has 3 aliphatic heterocycles. The Labute approximate surface area is 125 Å². The lowest BCUT2D eigenvalue weighted by molar-refractivity contribution is -0.145. The molecule has 3 aliphatic rings. The van der Waals surface area contributed by atoms with E-state index in [1.54, 1.807) is 18.2 Å². The zero-order valence-electron chi connectivity index (χ0n) is 10.5. The van der Waals surface area contributed by atoms with Crippen molar-refractivity contribution in [1.29, 1.82) is 0 Å². The Balaban J connectivity index is 1.84. The van der Waals surface area contributed by atoms with Gasteiger partial charge < -0.3 is 9.47 Å². The van der Waals surface area contributed by atoms with E-state index in [0.29, 0.717) is 10.0 Å². The van der Waals surface area contributed by atoms with Crippen molar-refractivity contribution in [3.05, 3.63) is 46.0 Å². The first-order valence-corrected chi connectivity index (χ1v) is 7.02. The van der Waals surface area contributed by atoms with Crippen LogP contribution < -0.4 is 0 Å². The smallest absolute Gasteiger partial charge is 0.331 e. The summed E-state index contributed by atoms with van der Waals surface area (Å²) in [4.78, 5) is 14.3. The molecule has 20 heavy (non-hydrogen) atoms. The normalized spacial score (nSPS) is 39.8. The average Bonchev–Trinajstić information content (AvgIpc) is 2.79. The second-order valence-electron chi connectivity index (χ2n) is 5.09. The van der Waals surface area contributed by atoms with Crippen LogP contribution in [0.15, 0.2) is 30.4 Å². The zero-order valence-corrected chi connectivity index (χ0v) is 12.1. The number of nitrogens with zero attached hydrogens (tertiary/aromatic N) is 1. The topological polar surface area (TPSA) is 38.5 Å². The molecule has 3 heterocycles. The molecule has 104 valence electrons. The third-order valence-electron chi connectivity index (χ3n) is 4.28. The minimum atomic E-state index is -0.817. The van der Waals surface area contributed by atoms with Gasteiger partial charge in [0.2, 0.25) is 0 Å². The number of carbonyl (C=O) groups excluding carboxylic acids is 1. The van der Waals surface area contributed by atoms with Crippen molar-refractivity contribution in [1.82, 2.24) is 4.90 Å². The molecule has 0 aliphatic carbocycles. The molecule has 1 aromatic carbocycles. The van der Waals surface area contributed by atoms with Crippen LogP contribution in [0.1, 0.15) is 11.6 Å². The van der Waals surface area contributed by atoms with Gasteiger partial charge in [0, 0.05) is 15.6 Å². The fraction of sp³-hybridized carbons (Fsp3) is 0.357. The third-order valence-corrected chi connectivity index (χ3v) is 4.94. The number of rotatable bonds is 2. The van der Waals surface area contributed by atoms with Gasteiger partial charge in [-0.25, -0.2) is 9.69 Å². The summed E-state index contributed by atoms with van der Waals surface area (Å²) in [5, 5.41) is 1.11. The number of halogens is 2. The van der Waals surface area contributed by atoms with E-state index >= 15 is 0 Å². The zero-order chi connectivity index (χ0) is 14.1. The van der Waals surface area contributed by atoms with Crippen molar-refractivity contribution in [2.24, 2.45) is 0 Å². The Hall–Kier alpha value is -1.07. The minimum Gasteiger partial charge on any atom is -0.467 e. The number of ether oxygens (including phenoxy) is 2. The SMILES string of the molecule is COC(=O)[C@]12[C@@H]3C=C[C@@H](O3)N1[C@@H]2c1c(Cl)cccc1Cl. The lowest BCUT2D eigenvalue weighted by Gasteiger charge is -2.17. The van der Waals surface area contributed by atoms with Gasteiger partial charge in [-0.15, -0.1) is 0 Å². The van der Waals surface area contributed by atoms with Crippen LogP contribution in [0.5, 0.6) is 0 Å². The first-order valence-electron chi connectivity index (χ1n) is 6.27. The Bertz CT molecular complexity index is 627. The molecule has 0 spiro atoms. The predicted octanol–water partition coefficient (Wildman–Crippen LogP) is 2.56. The van der Waals surface area contributed by atoms with Gasteiger partial charge in [-0.05, 0) is 18.2 Å². The highest BCUT2D eigenvalue weighted by Crippen LogP contribution is 2.66. The molecule has 6 heteroatoms. The third kappa shape index (κ3) is 1.28. The summed E-state index contributed by atoms with van der Waals surface area (Å²) in [5.41, 5.74) is -0.0498. The van der Waals surface area contributed by atoms with Gasteiger partial charge in [0.25, 0.3) is 0 Å². The van der Waals surface area contributed by atoms with Gasteiger partial charge in [0.15, 0.2) is 5.54 Å². The monoisotopic (exact) mass is 311 g/mol. The fourth-order valence-electron chi connectivity index (χ4n) is 3.46. The number of benzene rings is 1. The largest absolute Gasteiger partial charge is 0.467 e. The molecular weight excluding hydrogens is 301 g/mol. The van der Waals surface area contributed by atoms with Crippen molar-refractivity contribution >= 4 is 29.2 Å². The summed E-state index contributed by atoms with van der Waals surface area (Å²) in [6.45, 7) is 0. The number of fused-ring (bicyclic) bond motifs is 5. The van der Waals surface area contributed by atoms with E-state index in [9.17, 15) is 4.79 Å². The van der Waals surface area contributed by atoms with Crippen molar-refractivity contribution < 1.29 is 14.3 Å². The van der Waals surface area contributed by atoms with Crippen molar-refractivity contribution in [3.63, 3.8) is 0 Å². The molecule has 0 radical (unpaired) electrons. The summed E-state index contributed by atoms with van der Waals surface area (Å²) in [5.74, 6) is -0.310.